The molecule has 0 amide bonds. The lowest BCUT2D eigenvalue weighted by molar-refractivity contribution is 0.147. The quantitative estimate of drug-likeness (QED) is 0.153. The second-order valence-corrected chi connectivity index (χ2v) is 15.1. The van der Waals surface area contributed by atoms with E-state index in [9.17, 15) is 5.11 Å². The van der Waals surface area contributed by atoms with E-state index in [1.165, 1.54) is 12.8 Å². The van der Waals surface area contributed by atoms with Gasteiger partial charge in [-0.25, -0.2) is 0 Å². The number of allylic oxidation sites excluding steroid dienone is 1. The van der Waals surface area contributed by atoms with Gasteiger partial charge in [0.1, 0.15) is 6.04 Å². The molecule has 0 aliphatic rings. The smallest absolute Gasteiger partial charge is 0.192 e. The number of hydrogen-bond acceptors (Lipinski definition) is 3. The van der Waals surface area contributed by atoms with Gasteiger partial charge < -0.3 is 9.53 Å². The summed E-state index contributed by atoms with van der Waals surface area (Å²) in [5.41, 5.74) is 2.97. The highest BCUT2D eigenvalue weighted by molar-refractivity contribution is 6.74. The second kappa shape index (κ2) is 13.0. The summed E-state index contributed by atoms with van der Waals surface area (Å²) in [5.74, 6) is 0. The molecular weight excluding hydrogens is 422 g/mol. The largest absolute Gasteiger partial charge is 0.415 e. The van der Waals surface area contributed by atoms with Crippen LogP contribution in [0.25, 0.3) is 0 Å². The summed E-state index contributed by atoms with van der Waals surface area (Å²) in [4.78, 5) is 5.13. The van der Waals surface area contributed by atoms with E-state index in [1.807, 2.05) is 42.5 Å². The minimum atomic E-state index is -1.98. The fraction of sp³-hybridized carbons (Fsp3) is 0.483. The van der Waals surface area contributed by atoms with Crippen LogP contribution in [0.5, 0.6) is 0 Å². The molecule has 0 aliphatic carbocycles. The number of rotatable bonds is 12. The molecule has 0 fully saturated rings. The number of aliphatic hydroxyl groups is 1. The van der Waals surface area contributed by atoms with Crippen LogP contribution < -0.4 is 0 Å². The molecule has 33 heavy (non-hydrogen) atoms. The normalized spacial score (nSPS) is 14.3. The third-order valence-corrected chi connectivity index (χ3v) is 11.0. The van der Waals surface area contributed by atoms with Gasteiger partial charge in [-0.1, -0.05) is 113 Å². The molecule has 0 radical (unpaired) electrons. The van der Waals surface area contributed by atoms with E-state index in [-0.39, 0.29) is 11.1 Å². The van der Waals surface area contributed by atoms with Gasteiger partial charge in [0.05, 0.1) is 18.4 Å². The van der Waals surface area contributed by atoms with Crippen molar-refractivity contribution in [1.29, 1.82) is 0 Å². The minimum Gasteiger partial charge on any atom is -0.415 e. The zero-order valence-corrected chi connectivity index (χ0v) is 22.4. The summed E-state index contributed by atoms with van der Waals surface area (Å²) in [6, 6.07) is 20.0. The van der Waals surface area contributed by atoms with E-state index < -0.39 is 14.4 Å². The van der Waals surface area contributed by atoms with Gasteiger partial charge in [0.2, 0.25) is 0 Å². The average molecular weight is 466 g/mol. The van der Waals surface area contributed by atoms with Crippen LogP contribution in [0, 0.1) is 0 Å². The minimum absolute atomic E-state index is 0.101. The summed E-state index contributed by atoms with van der Waals surface area (Å²) < 4.78 is 6.53. The molecule has 1 N–H and O–H groups in total. The Balaban J connectivity index is 2.39. The van der Waals surface area contributed by atoms with Crippen LogP contribution in [0.1, 0.15) is 64.5 Å². The summed E-state index contributed by atoms with van der Waals surface area (Å²) in [6.07, 6.45) is 7.84. The topological polar surface area (TPSA) is 41.8 Å². The number of nitrogens with zero attached hydrogens (tertiary/aromatic N) is 1. The Morgan fingerprint density at radius 3 is 2.00 bits per heavy atom. The SMILES string of the molecule is CCCCC/C=C/[C@H](O)[C@H](CO[Si](C)(C)C(C)(C)C)N=C(c1ccccc1)c1ccccc1. The maximum absolute atomic E-state index is 11.1. The van der Waals surface area contributed by atoms with E-state index in [1.54, 1.807) is 0 Å². The van der Waals surface area contributed by atoms with Crippen LogP contribution in [-0.4, -0.2) is 37.9 Å². The Morgan fingerprint density at radius 1 is 0.970 bits per heavy atom. The van der Waals surface area contributed by atoms with Gasteiger partial charge in [-0.2, -0.15) is 0 Å². The first-order valence-corrected chi connectivity index (χ1v) is 15.2. The molecule has 0 spiro atoms. The molecule has 0 aromatic heterocycles. The Kier molecular flexibility index (Phi) is 10.7. The maximum Gasteiger partial charge on any atom is 0.192 e. The molecule has 2 rings (SSSR count). The molecule has 0 heterocycles. The number of benzene rings is 2. The van der Waals surface area contributed by atoms with Crippen molar-refractivity contribution < 1.29 is 9.53 Å². The van der Waals surface area contributed by atoms with E-state index in [0.29, 0.717) is 6.61 Å². The Hall–Kier alpha value is -2.01. The van der Waals surface area contributed by atoms with Gasteiger partial charge in [-0.05, 0) is 31.0 Å². The molecule has 0 saturated carbocycles. The van der Waals surface area contributed by atoms with Gasteiger partial charge in [0.15, 0.2) is 8.32 Å². The fourth-order valence-corrected chi connectivity index (χ4v) is 4.29. The van der Waals surface area contributed by atoms with Crippen molar-refractivity contribution in [2.45, 2.75) is 83.7 Å². The maximum atomic E-state index is 11.1. The van der Waals surface area contributed by atoms with Crippen molar-refractivity contribution in [1.82, 2.24) is 0 Å². The molecule has 0 bridgehead atoms. The highest BCUT2D eigenvalue weighted by Gasteiger charge is 2.38. The van der Waals surface area contributed by atoms with Crippen molar-refractivity contribution in [3.05, 3.63) is 83.9 Å². The van der Waals surface area contributed by atoms with Crippen molar-refractivity contribution >= 4 is 14.0 Å². The molecule has 2 aromatic carbocycles. The van der Waals surface area contributed by atoms with Crippen molar-refractivity contribution in [3.8, 4) is 0 Å². The lowest BCUT2D eigenvalue weighted by Gasteiger charge is -2.37. The zero-order chi connectivity index (χ0) is 24.3. The monoisotopic (exact) mass is 465 g/mol. The molecule has 0 unspecified atom stereocenters. The Bertz CT molecular complexity index is 828. The van der Waals surface area contributed by atoms with Crippen LogP contribution in [0.3, 0.4) is 0 Å². The number of unbranched alkanes of at least 4 members (excludes halogenated alkanes) is 3. The summed E-state index contributed by atoms with van der Waals surface area (Å²) in [6.45, 7) is 13.8. The number of hydrogen-bond donors (Lipinski definition) is 1. The molecule has 2 atom stereocenters. The van der Waals surface area contributed by atoms with Gasteiger partial charge in [0, 0.05) is 11.1 Å². The predicted molar refractivity (Wildman–Crippen MR) is 145 cm³/mol. The van der Waals surface area contributed by atoms with E-state index in [4.69, 9.17) is 9.42 Å². The second-order valence-electron chi connectivity index (χ2n) is 10.3. The van der Waals surface area contributed by atoms with Crippen molar-refractivity contribution in [2.24, 2.45) is 4.99 Å². The average Bonchev–Trinajstić information content (AvgIpc) is 2.79. The summed E-state index contributed by atoms with van der Waals surface area (Å²) >= 11 is 0. The van der Waals surface area contributed by atoms with Crippen LogP contribution >= 0.6 is 0 Å². The predicted octanol–water partition coefficient (Wildman–Crippen LogP) is 7.41. The number of aliphatic imine (C=N–C) groups is 1. The zero-order valence-electron chi connectivity index (χ0n) is 21.4. The highest BCUT2D eigenvalue weighted by atomic mass is 28.4. The first kappa shape index (κ1) is 27.2. The van der Waals surface area contributed by atoms with Crippen LogP contribution in [0.2, 0.25) is 18.1 Å². The molecule has 0 saturated heterocycles. The molecule has 3 nitrogen and oxygen atoms in total. The number of aliphatic hydroxyl groups excluding tert-OH is 1. The lowest BCUT2D eigenvalue weighted by atomic mass is 10.0. The van der Waals surface area contributed by atoms with Crippen molar-refractivity contribution in [3.63, 3.8) is 0 Å². The summed E-state index contributed by atoms with van der Waals surface area (Å²) in [5, 5.41) is 11.3. The van der Waals surface area contributed by atoms with E-state index in [2.05, 4.69) is 71.1 Å². The van der Waals surface area contributed by atoms with Crippen LogP contribution in [0.4, 0.5) is 0 Å². The first-order chi connectivity index (χ1) is 15.7. The molecular formula is C29H43NO2Si. The van der Waals surface area contributed by atoms with Gasteiger partial charge in [-0.3, -0.25) is 4.99 Å². The molecule has 180 valence electrons. The van der Waals surface area contributed by atoms with E-state index in [0.717, 1.165) is 29.7 Å². The molecule has 0 aliphatic heterocycles. The highest BCUT2D eigenvalue weighted by Crippen LogP contribution is 2.36. The van der Waals surface area contributed by atoms with E-state index >= 15 is 0 Å². The lowest BCUT2D eigenvalue weighted by Crippen LogP contribution is -2.44. The Morgan fingerprint density at radius 2 is 1.52 bits per heavy atom. The van der Waals surface area contributed by atoms with Gasteiger partial charge >= 0.3 is 0 Å². The van der Waals surface area contributed by atoms with Gasteiger partial charge in [0.25, 0.3) is 0 Å². The molecule has 2 aromatic rings. The first-order valence-electron chi connectivity index (χ1n) is 12.3. The third kappa shape index (κ3) is 8.69. The van der Waals surface area contributed by atoms with Crippen molar-refractivity contribution in [2.75, 3.05) is 6.61 Å². The Labute approximate surface area is 202 Å². The van der Waals surface area contributed by atoms with Gasteiger partial charge in [-0.15, -0.1) is 0 Å². The van der Waals surface area contributed by atoms with Crippen LogP contribution in [-0.2, 0) is 4.43 Å². The fourth-order valence-electron chi connectivity index (χ4n) is 3.27. The van der Waals surface area contributed by atoms with Crippen LogP contribution in [0.15, 0.2) is 77.8 Å². The standard InChI is InChI=1S/C29H43NO2Si/c1-7-8-9-10-17-22-27(31)26(23-32-33(5,6)29(2,3)4)30-28(24-18-13-11-14-19-24)25-20-15-12-16-21-25/h11-22,26-27,31H,7-10,23H2,1-6H3/b22-17+/t26-,27-/m0/s1. The third-order valence-electron chi connectivity index (χ3n) is 6.51. The summed E-state index contributed by atoms with van der Waals surface area (Å²) in [7, 11) is -1.98. The molecule has 4 heteroatoms.